The second kappa shape index (κ2) is 5.16. The van der Waals surface area contributed by atoms with Gasteiger partial charge in [-0.1, -0.05) is 18.2 Å². The Kier molecular flexibility index (Phi) is 3.40. The number of carbonyl (C=O) groups is 1. The molecule has 0 saturated heterocycles. The van der Waals surface area contributed by atoms with Crippen LogP contribution >= 0.6 is 0 Å². The molecule has 1 heterocycles. The van der Waals surface area contributed by atoms with Crippen molar-refractivity contribution in [3.63, 3.8) is 0 Å². The second-order valence-corrected chi connectivity index (χ2v) is 3.67. The van der Waals surface area contributed by atoms with Crippen molar-refractivity contribution in [1.82, 2.24) is 9.78 Å². The number of anilines is 2. The summed E-state index contributed by atoms with van der Waals surface area (Å²) in [6.45, 7) is 0.223. The lowest BCUT2D eigenvalue weighted by Crippen LogP contribution is -2.21. The van der Waals surface area contributed by atoms with Gasteiger partial charge < -0.3 is 10.6 Å². The number of hydrogen-bond acceptors (Lipinski definition) is 3. The van der Waals surface area contributed by atoms with Crippen LogP contribution in [-0.2, 0) is 11.8 Å². The Morgan fingerprint density at radius 2 is 2.06 bits per heavy atom. The molecule has 0 unspecified atom stereocenters. The Morgan fingerprint density at radius 1 is 1.29 bits per heavy atom. The molecule has 0 saturated carbocycles. The van der Waals surface area contributed by atoms with Gasteiger partial charge in [0.2, 0.25) is 5.91 Å². The zero-order valence-electron chi connectivity index (χ0n) is 9.55. The van der Waals surface area contributed by atoms with Crippen LogP contribution in [-0.4, -0.2) is 22.2 Å². The first-order valence-corrected chi connectivity index (χ1v) is 5.31. The molecular weight excluding hydrogens is 216 g/mol. The van der Waals surface area contributed by atoms with Gasteiger partial charge in [-0.25, -0.2) is 0 Å². The van der Waals surface area contributed by atoms with Crippen molar-refractivity contribution < 1.29 is 4.79 Å². The molecule has 5 nitrogen and oxygen atoms in total. The monoisotopic (exact) mass is 230 g/mol. The predicted molar refractivity (Wildman–Crippen MR) is 66.8 cm³/mol. The molecule has 5 heteroatoms. The van der Waals surface area contributed by atoms with E-state index in [0.29, 0.717) is 0 Å². The number of rotatable bonds is 4. The van der Waals surface area contributed by atoms with Crippen LogP contribution in [0.25, 0.3) is 0 Å². The van der Waals surface area contributed by atoms with Crippen molar-refractivity contribution in [3.05, 3.63) is 42.7 Å². The van der Waals surface area contributed by atoms with Gasteiger partial charge in [0.1, 0.15) is 0 Å². The van der Waals surface area contributed by atoms with Crippen molar-refractivity contribution in [2.24, 2.45) is 7.05 Å². The van der Waals surface area contributed by atoms with E-state index in [9.17, 15) is 4.79 Å². The lowest BCUT2D eigenvalue weighted by atomic mass is 10.3. The molecule has 0 fully saturated rings. The molecule has 17 heavy (non-hydrogen) atoms. The normalized spacial score (nSPS) is 9.94. The zero-order chi connectivity index (χ0) is 12.1. The summed E-state index contributed by atoms with van der Waals surface area (Å²) in [4.78, 5) is 11.6. The van der Waals surface area contributed by atoms with Gasteiger partial charge in [-0.05, 0) is 12.1 Å². The van der Waals surface area contributed by atoms with Crippen LogP contribution in [0.15, 0.2) is 42.7 Å². The van der Waals surface area contributed by atoms with E-state index < -0.39 is 0 Å². The molecular formula is C12H14N4O. The number of nitrogens with zero attached hydrogens (tertiary/aromatic N) is 2. The first-order valence-electron chi connectivity index (χ1n) is 5.31. The Labute approximate surface area is 99.5 Å². The maximum atomic E-state index is 11.6. The second-order valence-electron chi connectivity index (χ2n) is 3.67. The number of para-hydroxylation sites is 1. The molecule has 0 aliphatic carbocycles. The molecule has 2 aromatic rings. The number of hydrogen-bond donors (Lipinski definition) is 2. The van der Waals surface area contributed by atoms with Crippen LogP contribution in [0.5, 0.6) is 0 Å². The molecule has 0 aliphatic rings. The van der Waals surface area contributed by atoms with Crippen molar-refractivity contribution in [1.29, 1.82) is 0 Å². The van der Waals surface area contributed by atoms with E-state index >= 15 is 0 Å². The van der Waals surface area contributed by atoms with Crippen molar-refractivity contribution in [2.75, 3.05) is 17.2 Å². The summed E-state index contributed by atoms with van der Waals surface area (Å²) in [6, 6.07) is 9.36. The van der Waals surface area contributed by atoms with Gasteiger partial charge in [-0.3, -0.25) is 9.48 Å². The smallest absolute Gasteiger partial charge is 0.243 e. The van der Waals surface area contributed by atoms with E-state index in [1.165, 1.54) is 0 Å². The quantitative estimate of drug-likeness (QED) is 0.836. The van der Waals surface area contributed by atoms with Crippen LogP contribution < -0.4 is 10.6 Å². The summed E-state index contributed by atoms with van der Waals surface area (Å²) in [6.07, 6.45) is 3.49. The molecule has 2 rings (SSSR count). The lowest BCUT2D eigenvalue weighted by molar-refractivity contribution is -0.114. The van der Waals surface area contributed by atoms with Gasteiger partial charge in [0.25, 0.3) is 0 Å². The Bertz CT molecular complexity index is 492. The number of aromatic nitrogens is 2. The molecule has 0 atom stereocenters. The van der Waals surface area contributed by atoms with Gasteiger partial charge in [-0.15, -0.1) is 0 Å². The zero-order valence-corrected chi connectivity index (χ0v) is 9.55. The Hall–Kier alpha value is -2.30. The molecule has 0 spiro atoms. The van der Waals surface area contributed by atoms with Crippen LogP contribution in [0.2, 0.25) is 0 Å². The molecule has 2 N–H and O–H groups in total. The minimum atomic E-state index is -0.0833. The van der Waals surface area contributed by atoms with Gasteiger partial charge in [0, 0.05) is 18.9 Å². The van der Waals surface area contributed by atoms with Crippen LogP contribution in [0.3, 0.4) is 0 Å². The topological polar surface area (TPSA) is 59.0 Å². The highest BCUT2D eigenvalue weighted by atomic mass is 16.1. The van der Waals surface area contributed by atoms with Crippen LogP contribution in [0.1, 0.15) is 0 Å². The molecule has 1 aromatic heterocycles. The fourth-order valence-corrected chi connectivity index (χ4v) is 1.42. The SMILES string of the molecule is Cn1cc(NCC(=O)Nc2ccccc2)cn1. The van der Waals surface area contributed by atoms with E-state index in [1.807, 2.05) is 43.6 Å². The third kappa shape index (κ3) is 3.34. The Balaban J connectivity index is 1.82. The van der Waals surface area contributed by atoms with E-state index in [4.69, 9.17) is 0 Å². The van der Waals surface area contributed by atoms with Crippen molar-refractivity contribution in [3.8, 4) is 0 Å². The van der Waals surface area contributed by atoms with E-state index in [1.54, 1.807) is 10.9 Å². The predicted octanol–water partition coefficient (Wildman–Crippen LogP) is 1.47. The molecule has 0 aliphatic heterocycles. The van der Waals surface area contributed by atoms with Gasteiger partial charge >= 0.3 is 0 Å². The standard InChI is InChI=1S/C12H14N4O/c1-16-9-11(7-14-16)13-8-12(17)15-10-5-3-2-4-6-10/h2-7,9,13H,8H2,1H3,(H,15,17). The Morgan fingerprint density at radius 3 is 2.71 bits per heavy atom. The van der Waals surface area contributed by atoms with Crippen LogP contribution in [0.4, 0.5) is 11.4 Å². The third-order valence-corrected chi connectivity index (χ3v) is 2.22. The number of aryl methyl sites for hydroxylation is 1. The highest BCUT2D eigenvalue weighted by Crippen LogP contribution is 2.05. The maximum absolute atomic E-state index is 11.6. The highest BCUT2D eigenvalue weighted by Gasteiger charge is 2.02. The summed E-state index contributed by atoms with van der Waals surface area (Å²) in [5.41, 5.74) is 1.63. The van der Waals surface area contributed by atoms with Crippen molar-refractivity contribution in [2.45, 2.75) is 0 Å². The van der Waals surface area contributed by atoms with Crippen molar-refractivity contribution >= 4 is 17.3 Å². The summed E-state index contributed by atoms with van der Waals surface area (Å²) < 4.78 is 1.68. The van der Waals surface area contributed by atoms with E-state index in [-0.39, 0.29) is 12.5 Å². The molecule has 0 radical (unpaired) electrons. The summed E-state index contributed by atoms with van der Waals surface area (Å²) in [7, 11) is 1.83. The minimum Gasteiger partial charge on any atom is -0.374 e. The molecule has 1 amide bonds. The minimum absolute atomic E-state index is 0.0833. The number of nitrogens with one attached hydrogen (secondary N) is 2. The third-order valence-electron chi connectivity index (χ3n) is 2.22. The molecule has 1 aromatic carbocycles. The number of carbonyl (C=O) groups excluding carboxylic acids is 1. The summed E-state index contributed by atoms with van der Waals surface area (Å²) in [5, 5.41) is 9.78. The van der Waals surface area contributed by atoms with Crippen LogP contribution in [0, 0.1) is 0 Å². The highest BCUT2D eigenvalue weighted by molar-refractivity contribution is 5.93. The maximum Gasteiger partial charge on any atom is 0.243 e. The summed E-state index contributed by atoms with van der Waals surface area (Å²) >= 11 is 0. The first-order chi connectivity index (χ1) is 8.24. The average Bonchev–Trinajstić information content (AvgIpc) is 2.74. The van der Waals surface area contributed by atoms with Gasteiger partial charge in [-0.2, -0.15) is 5.10 Å². The van der Waals surface area contributed by atoms with E-state index in [2.05, 4.69) is 15.7 Å². The lowest BCUT2D eigenvalue weighted by Gasteiger charge is -2.05. The summed E-state index contributed by atoms with van der Waals surface area (Å²) in [5.74, 6) is -0.0833. The fourth-order valence-electron chi connectivity index (χ4n) is 1.42. The fraction of sp³-hybridized carbons (Fsp3) is 0.167. The number of amides is 1. The molecule has 88 valence electrons. The van der Waals surface area contributed by atoms with Gasteiger partial charge in [0.05, 0.1) is 18.4 Å². The first kappa shape index (κ1) is 11.2. The number of benzene rings is 1. The average molecular weight is 230 g/mol. The van der Waals surface area contributed by atoms with E-state index in [0.717, 1.165) is 11.4 Å². The molecule has 0 bridgehead atoms. The van der Waals surface area contributed by atoms with Gasteiger partial charge in [0.15, 0.2) is 0 Å². The largest absolute Gasteiger partial charge is 0.374 e.